The molecule has 0 aromatic carbocycles. The SMILES string of the molecule is NC1(C(O)C2CCCCC2)CC1. The minimum absolute atomic E-state index is 0.179. The van der Waals surface area contributed by atoms with Gasteiger partial charge < -0.3 is 10.8 Å². The molecule has 1 atom stereocenters. The van der Waals surface area contributed by atoms with Crippen molar-refractivity contribution in [1.82, 2.24) is 0 Å². The van der Waals surface area contributed by atoms with Crippen LogP contribution in [0.25, 0.3) is 0 Å². The molecule has 0 amide bonds. The lowest BCUT2D eigenvalue weighted by molar-refractivity contribution is 0.0536. The second-order valence-corrected chi connectivity index (χ2v) is 4.58. The van der Waals surface area contributed by atoms with E-state index in [0.29, 0.717) is 5.92 Å². The van der Waals surface area contributed by atoms with Crippen molar-refractivity contribution in [2.45, 2.75) is 56.6 Å². The molecule has 2 saturated carbocycles. The number of aliphatic hydroxyl groups is 1. The highest BCUT2D eigenvalue weighted by atomic mass is 16.3. The largest absolute Gasteiger partial charge is 0.391 e. The van der Waals surface area contributed by atoms with Gasteiger partial charge in [-0.3, -0.25) is 0 Å². The molecule has 2 nitrogen and oxygen atoms in total. The highest BCUT2D eigenvalue weighted by Crippen LogP contribution is 2.42. The van der Waals surface area contributed by atoms with Crippen LogP contribution in [-0.2, 0) is 0 Å². The quantitative estimate of drug-likeness (QED) is 0.656. The topological polar surface area (TPSA) is 46.2 Å². The lowest BCUT2D eigenvalue weighted by Gasteiger charge is -2.30. The summed E-state index contributed by atoms with van der Waals surface area (Å²) in [7, 11) is 0. The van der Waals surface area contributed by atoms with Crippen molar-refractivity contribution in [3.05, 3.63) is 0 Å². The summed E-state index contributed by atoms with van der Waals surface area (Å²) in [6.07, 6.45) is 8.17. The van der Waals surface area contributed by atoms with E-state index in [2.05, 4.69) is 0 Å². The summed E-state index contributed by atoms with van der Waals surface area (Å²) < 4.78 is 0. The fraction of sp³-hybridized carbons (Fsp3) is 1.00. The van der Waals surface area contributed by atoms with Crippen molar-refractivity contribution < 1.29 is 5.11 Å². The maximum atomic E-state index is 9.95. The monoisotopic (exact) mass is 169 g/mol. The van der Waals surface area contributed by atoms with E-state index in [4.69, 9.17) is 5.73 Å². The number of rotatable bonds is 2. The van der Waals surface area contributed by atoms with E-state index in [9.17, 15) is 5.11 Å². The van der Waals surface area contributed by atoms with Crippen LogP contribution in [0, 0.1) is 5.92 Å². The second kappa shape index (κ2) is 3.00. The fourth-order valence-electron chi connectivity index (χ4n) is 2.36. The summed E-state index contributed by atoms with van der Waals surface area (Å²) in [4.78, 5) is 0. The van der Waals surface area contributed by atoms with E-state index in [1.165, 1.54) is 32.1 Å². The molecule has 0 saturated heterocycles. The molecule has 2 heteroatoms. The van der Waals surface area contributed by atoms with Crippen LogP contribution in [0.4, 0.5) is 0 Å². The first-order valence-corrected chi connectivity index (χ1v) is 5.19. The molecular weight excluding hydrogens is 150 g/mol. The first kappa shape index (κ1) is 8.52. The Hall–Kier alpha value is -0.0800. The van der Waals surface area contributed by atoms with Crippen molar-refractivity contribution in [3.63, 3.8) is 0 Å². The van der Waals surface area contributed by atoms with E-state index in [0.717, 1.165) is 12.8 Å². The normalized spacial score (nSPS) is 31.5. The minimum Gasteiger partial charge on any atom is -0.391 e. The smallest absolute Gasteiger partial charge is 0.0747 e. The maximum absolute atomic E-state index is 9.95. The number of aliphatic hydroxyl groups excluding tert-OH is 1. The molecule has 70 valence electrons. The van der Waals surface area contributed by atoms with Crippen LogP contribution in [0.3, 0.4) is 0 Å². The highest BCUT2D eigenvalue weighted by Gasteiger charge is 2.48. The number of nitrogens with two attached hydrogens (primary N) is 1. The molecule has 0 aromatic rings. The molecule has 0 spiro atoms. The molecule has 0 aromatic heterocycles. The van der Waals surface area contributed by atoms with Crippen molar-refractivity contribution >= 4 is 0 Å². The zero-order chi connectivity index (χ0) is 8.60. The first-order valence-electron chi connectivity index (χ1n) is 5.19. The van der Waals surface area contributed by atoms with Crippen molar-refractivity contribution in [1.29, 1.82) is 0 Å². The van der Waals surface area contributed by atoms with Gasteiger partial charge in [0, 0.05) is 5.54 Å². The Morgan fingerprint density at radius 2 is 1.75 bits per heavy atom. The van der Waals surface area contributed by atoms with Crippen LogP contribution >= 0.6 is 0 Å². The summed E-state index contributed by atoms with van der Waals surface area (Å²) in [5, 5.41) is 9.95. The lowest BCUT2D eigenvalue weighted by atomic mass is 9.82. The molecular formula is C10H19NO. The van der Waals surface area contributed by atoms with Gasteiger partial charge in [0.15, 0.2) is 0 Å². The molecule has 0 heterocycles. The van der Waals surface area contributed by atoms with Crippen LogP contribution < -0.4 is 5.73 Å². The van der Waals surface area contributed by atoms with Gasteiger partial charge in [-0.15, -0.1) is 0 Å². The van der Waals surface area contributed by atoms with Gasteiger partial charge in [0.2, 0.25) is 0 Å². The Bertz CT molecular complexity index is 159. The predicted molar refractivity (Wildman–Crippen MR) is 48.7 cm³/mol. The molecule has 2 aliphatic rings. The number of hydrogen-bond donors (Lipinski definition) is 2. The van der Waals surface area contributed by atoms with Crippen molar-refractivity contribution in [2.75, 3.05) is 0 Å². The molecule has 0 aliphatic heterocycles. The van der Waals surface area contributed by atoms with Crippen LogP contribution in [0.5, 0.6) is 0 Å². The summed E-state index contributed by atoms with van der Waals surface area (Å²) >= 11 is 0. The van der Waals surface area contributed by atoms with Crippen molar-refractivity contribution in [3.8, 4) is 0 Å². The zero-order valence-electron chi connectivity index (χ0n) is 7.63. The Labute approximate surface area is 74.1 Å². The lowest BCUT2D eigenvalue weighted by Crippen LogP contribution is -2.42. The minimum atomic E-state index is -0.210. The highest BCUT2D eigenvalue weighted by molar-refractivity contribution is 5.06. The number of hydrogen-bond acceptors (Lipinski definition) is 2. The zero-order valence-corrected chi connectivity index (χ0v) is 7.63. The molecule has 2 rings (SSSR count). The molecule has 0 bridgehead atoms. The van der Waals surface area contributed by atoms with Gasteiger partial charge in [-0.05, 0) is 31.6 Å². The molecule has 3 N–H and O–H groups in total. The fourth-order valence-corrected chi connectivity index (χ4v) is 2.36. The van der Waals surface area contributed by atoms with Gasteiger partial charge >= 0.3 is 0 Å². The van der Waals surface area contributed by atoms with Gasteiger partial charge in [0.05, 0.1) is 6.10 Å². The van der Waals surface area contributed by atoms with Gasteiger partial charge in [-0.1, -0.05) is 19.3 Å². The maximum Gasteiger partial charge on any atom is 0.0747 e. The summed E-state index contributed by atoms with van der Waals surface area (Å²) in [6.45, 7) is 0. The Kier molecular flexibility index (Phi) is 2.13. The van der Waals surface area contributed by atoms with Crippen LogP contribution in [0.15, 0.2) is 0 Å². The Balaban J connectivity index is 1.89. The molecule has 2 fully saturated rings. The van der Waals surface area contributed by atoms with Crippen molar-refractivity contribution in [2.24, 2.45) is 11.7 Å². The summed E-state index contributed by atoms with van der Waals surface area (Å²) in [5.74, 6) is 0.506. The third-order valence-corrected chi connectivity index (χ3v) is 3.51. The van der Waals surface area contributed by atoms with Gasteiger partial charge in [-0.2, -0.15) is 0 Å². The predicted octanol–water partition coefficient (Wildman–Crippen LogP) is 1.42. The van der Waals surface area contributed by atoms with E-state index >= 15 is 0 Å². The van der Waals surface area contributed by atoms with E-state index < -0.39 is 0 Å². The second-order valence-electron chi connectivity index (χ2n) is 4.58. The van der Waals surface area contributed by atoms with Crippen LogP contribution in [0.2, 0.25) is 0 Å². The Morgan fingerprint density at radius 3 is 2.25 bits per heavy atom. The standard InChI is InChI=1S/C10H19NO/c11-10(6-7-10)9(12)8-4-2-1-3-5-8/h8-9,12H,1-7,11H2. The Morgan fingerprint density at radius 1 is 1.17 bits per heavy atom. The van der Waals surface area contributed by atoms with E-state index in [1.54, 1.807) is 0 Å². The van der Waals surface area contributed by atoms with Gasteiger partial charge in [0.25, 0.3) is 0 Å². The van der Waals surface area contributed by atoms with Crippen LogP contribution in [-0.4, -0.2) is 16.7 Å². The summed E-state index contributed by atoms with van der Waals surface area (Å²) in [6, 6.07) is 0. The molecule has 12 heavy (non-hydrogen) atoms. The molecule has 0 radical (unpaired) electrons. The summed E-state index contributed by atoms with van der Waals surface area (Å²) in [5.41, 5.74) is 5.79. The molecule has 2 aliphatic carbocycles. The average molecular weight is 169 g/mol. The first-order chi connectivity index (χ1) is 5.72. The van der Waals surface area contributed by atoms with Gasteiger partial charge in [-0.25, -0.2) is 0 Å². The third kappa shape index (κ3) is 1.50. The average Bonchev–Trinajstić information content (AvgIpc) is 2.85. The van der Waals surface area contributed by atoms with Crippen LogP contribution in [0.1, 0.15) is 44.9 Å². The third-order valence-electron chi connectivity index (χ3n) is 3.51. The molecule has 1 unspecified atom stereocenters. The van der Waals surface area contributed by atoms with Gasteiger partial charge in [0.1, 0.15) is 0 Å². The van der Waals surface area contributed by atoms with E-state index in [1.807, 2.05) is 0 Å². The van der Waals surface area contributed by atoms with E-state index in [-0.39, 0.29) is 11.6 Å².